The molecule has 39 heavy (non-hydrogen) atoms. The predicted molar refractivity (Wildman–Crippen MR) is 151 cm³/mol. The number of aromatic nitrogens is 1. The summed E-state index contributed by atoms with van der Waals surface area (Å²) in [7, 11) is 1.62. The molecule has 9 heteroatoms. The monoisotopic (exact) mass is 551 g/mol. The molecule has 2 aliphatic carbocycles. The number of rotatable bonds is 8. The van der Waals surface area contributed by atoms with E-state index >= 15 is 0 Å². The van der Waals surface area contributed by atoms with Crippen molar-refractivity contribution in [3.63, 3.8) is 0 Å². The Bertz CT molecular complexity index is 1350. The number of para-hydroxylation sites is 1. The largest absolute Gasteiger partial charge is 0.508 e. The number of nitrogens with one attached hydrogen (secondary N) is 2. The van der Waals surface area contributed by atoms with E-state index in [1.807, 2.05) is 37.3 Å². The molecule has 5 atom stereocenters. The maximum atomic E-state index is 13.4. The zero-order chi connectivity index (χ0) is 27.8. The number of phenolic OH excluding ortho intramolecular Hbond substituents is 1. The standard InChI is InChI=1S/C30H37N3O5S/c1-29-12-11-25(36)30(2,17-34)24(29)15-23-27(33-28(39-23)32-19-8-6-9-20(35)13-19)21(29)14-26(37)31-16-18-7-4-5-10-22(18)38-3/h4-10,13,21,24-25,34-36H,11-12,14-17H2,1-3H3,(H,31,37)(H,32,33)/t21-,24+,25-,29+,30+/m1/s1. The van der Waals surface area contributed by atoms with E-state index in [-0.39, 0.29) is 41.9 Å². The second-order valence-electron chi connectivity index (χ2n) is 11.3. The van der Waals surface area contributed by atoms with Gasteiger partial charge in [0.25, 0.3) is 0 Å². The van der Waals surface area contributed by atoms with Crippen LogP contribution in [0.5, 0.6) is 11.5 Å². The van der Waals surface area contributed by atoms with Crippen LogP contribution >= 0.6 is 11.3 Å². The van der Waals surface area contributed by atoms with Gasteiger partial charge in [-0.3, -0.25) is 4.79 Å². The second kappa shape index (κ2) is 10.8. The summed E-state index contributed by atoms with van der Waals surface area (Å²) < 4.78 is 5.44. The fourth-order valence-electron chi connectivity index (χ4n) is 6.71. The highest BCUT2D eigenvalue weighted by molar-refractivity contribution is 7.15. The average molecular weight is 552 g/mol. The highest BCUT2D eigenvalue weighted by Crippen LogP contribution is 2.62. The molecule has 0 aliphatic heterocycles. The molecule has 0 radical (unpaired) electrons. The SMILES string of the molecule is COc1ccccc1CNC(=O)C[C@@H]1c2nc(Nc3cccc(O)c3)sc2C[C@@H]2[C@](C)(CO)[C@H](O)CC[C@]21C. The lowest BCUT2D eigenvalue weighted by molar-refractivity contribution is -0.144. The van der Waals surface area contributed by atoms with Crippen molar-refractivity contribution in [2.75, 3.05) is 19.0 Å². The van der Waals surface area contributed by atoms with Gasteiger partial charge in [-0.1, -0.05) is 38.1 Å². The number of ether oxygens (including phenoxy) is 1. The van der Waals surface area contributed by atoms with Gasteiger partial charge in [-0.05, 0) is 48.8 Å². The first-order valence-corrected chi connectivity index (χ1v) is 14.2. The van der Waals surface area contributed by atoms with Crippen LogP contribution in [0.4, 0.5) is 10.8 Å². The second-order valence-corrected chi connectivity index (χ2v) is 12.4. The van der Waals surface area contributed by atoms with Gasteiger partial charge in [0.2, 0.25) is 5.91 Å². The number of aromatic hydroxyl groups is 1. The van der Waals surface area contributed by atoms with Crippen LogP contribution < -0.4 is 15.4 Å². The quantitative estimate of drug-likeness (QED) is 0.274. The smallest absolute Gasteiger partial charge is 0.220 e. The Morgan fingerprint density at radius 1 is 1.21 bits per heavy atom. The Morgan fingerprint density at radius 2 is 2.00 bits per heavy atom. The number of anilines is 2. The summed E-state index contributed by atoms with van der Waals surface area (Å²) in [5, 5.41) is 38.4. The van der Waals surface area contributed by atoms with Crippen molar-refractivity contribution in [2.45, 2.75) is 58.1 Å². The van der Waals surface area contributed by atoms with E-state index in [2.05, 4.69) is 17.6 Å². The first kappa shape index (κ1) is 27.4. The van der Waals surface area contributed by atoms with E-state index in [0.29, 0.717) is 24.5 Å². The Kier molecular flexibility index (Phi) is 7.59. The number of hydrogen-bond acceptors (Lipinski definition) is 8. The van der Waals surface area contributed by atoms with E-state index in [9.17, 15) is 20.1 Å². The van der Waals surface area contributed by atoms with Crippen molar-refractivity contribution in [2.24, 2.45) is 16.7 Å². The molecule has 0 bridgehead atoms. The Hall–Kier alpha value is -3.14. The van der Waals surface area contributed by atoms with E-state index < -0.39 is 11.5 Å². The number of carbonyl (C=O) groups is 1. The summed E-state index contributed by atoms with van der Waals surface area (Å²) in [6, 6.07) is 14.5. The third-order valence-electron chi connectivity index (χ3n) is 9.05. The summed E-state index contributed by atoms with van der Waals surface area (Å²) in [5.41, 5.74) is 1.53. The molecule has 0 spiro atoms. The van der Waals surface area contributed by atoms with Gasteiger partial charge < -0.3 is 30.7 Å². The van der Waals surface area contributed by atoms with Gasteiger partial charge in [-0.25, -0.2) is 4.98 Å². The number of aliphatic hydroxyl groups excluding tert-OH is 2. The predicted octanol–water partition coefficient (Wildman–Crippen LogP) is 4.72. The van der Waals surface area contributed by atoms with Crippen molar-refractivity contribution in [3.8, 4) is 11.5 Å². The van der Waals surface area contributed by atoms with E-state index in [0.717, 1.165) is 34.0 Å². The number of benzene rings is 2. The zero-order valence-corrected chi connectivity index (χ0v) is 23.4. The topological polar surface area (TPSA) is 124 Å². The van der Waals surface area contributed by atoms with Gasteiger partial charge >= 0.3 is 0 Å². The van der Waals surface area contributed by atoms with E-state index in [1.165, 1.54) is 11.3 Å². The molecular formula is C30H37N3O5S. The third kappa shape index (κ3) is 5.11. The van der Waals surface area contributed by atoms with Gasteiger partial charge in [-0.15, -0.1) is 11.3 Å². The Morgan fingerprint density at radius 3 is 2.74 bits per heavy atom. The van der Waals surface area contributed by atoms with Gasteiger partial charge in [0.15, 0.2) is 5.13 Å². The highest BCUT2D eigenvalue weighted by atomic mass is 32.1. The van der Waals surface area contributed by atoms with Crippen LogP contribution in [0.1, 0.15) is 55.2 Å². The Labute approximate surface area is 233 Å². The lowest BCUT2D eigenvalue weighted by Crippen LogP contribution is -2.57. The van der Waals surface area contributed by atoms with Crippen LogP contribution in [0, 0.1) is 16.7 Å². The maximum Gasteiger partial charge on any atom is 0.220 e. The first-order valence-electron chi connectivity index (χ1n) is 13.4. The molecule has 208 valence electrons. The van der Waals surface area contributed by atoms with Crippen molar-refractivity contribution < 1.29 is 24.9 Å². The minimum absolute atomic E-state index is 0.0210. The molecular weight excluding hydrogens is 514 g/mol. The van der Waals surface area contributed by atoms with Gasteiger partial charge in [0.05, 0.1) is 25.5 Å². The van der Waals surface area contributed by atoms with Crippen molar-refractivity contribution >= 4 is 28.1 Å². The molecule has 2 aromatic carbocycles. The lowest BCUT2D eigenvalue weighted by Gasteiger charge is -2.58. The van der Waals surface area contributed by atoms with Crippen LogP contribution in [0.3, 0.4) is 0 Å². The van der Waals surface area contributed by atoms with Gasteiger partial charge in [0, 0.05) is 46.5 Å². The minimum atomic E-state index is -0.681. The fourth-order valence-corrected chi connectivity index (χ4v) is 7.80. The molecule has 1 aromatic heterocycles. The number of thiazole rings is 1. The number of phenols is 1. The summed E-state index contributed by atoms with van der Waals surface area (Å²) in [6.45, 7) is 4.40. The molecule has 1 fully saturated rings. The summed E-state index contributed by atoms with van der Waals surface area (Å²) in [5.74, 6) is 0.612. The van der Waals surface area contributed by atoms with Crippen LogP contribution in [0.25, 0.3) is 0 Å². The normalized spacial score (nSPS) is 27.8. The molecule has 0 unspecified atom stereocenters. The number of aliphatic hydroxyl groups is 2. The van der Waals surface area contributed by atoms with E-state index in [4.69, 9.17) is 9.72 Å². The third-order valence-corrected chi connectivity index (χ3v) is 10.1. The first-order chi connectivity index (χ1) is 18.7. The van der Waals surface area contributed by atoms with Crippen LogP contribution in [0.15, 0.2) is 48.5 Å². The molecule has 2 aliphatic rings. The highest BCUT2D eigenvalue weighted by Gasteiger charge is 2.59. The molecule has 5 N–H and O–H groups in total. The Balaban J connectivity index is 1.46. The molecule has 1 saturated carbocycles. The summed E-state index contributed by atoms with van der Waals surface area (Å²) in [6.07, 6.45) is 1.63. The van der Waals surface area contributed by atoms with Crippen molar-refractivity contribution in [1.82, 2.24) is 10.3 Å². The average Bonchev–Trinajstić information content (AvgIpc) is 3.33. The summed E-state index contributed by atoms with van der Waals surface area (Å²) >= 11 is 1.53. The number of nitrogens with zero attached hydrogens (tertiary/aromatic N) is 1. The molecule has 3 aromatic rings. The minimum Gasteiger partial charge on any atom is -0.508 e. The van der Waals surface area contributed by atoms with Crippen molar-refractivity contribution in [3.05, 3.63) is 64.7 Å². The van der Waals surface area contributed by atoms with E-state index in [1.54, 1.807) is 25.3 Å². The van der Waals surface area contributed by atoms with Crippen LogP contribution in [0.2, 0.25) is 0 Å². The van der Waals surface area contributed by atoms with Crippen LogP contribution in [-0.4, -0.2) is 46.0 Å². The van der Waals surface area contributed by atoms with Gasteiger partial charge in [-0.2, -0.15) is 0 Å². The maximum absolute atomic E-state index is 13.4. The molecule has 0 saturated heterocycles. The number of amides is 1. The number of carbonyl (C=O) groups excluding carboxylic acids is 1. The number of fused-ring (bicyclic) bond motifs is 2. The molecule has 1 heterocycles. The molecule has 8 nitrogen and oxygen atoms in total. The van der Waals surface area contributed by atoms with Crippen molar-refractivity contribution in [1.29, 1.82) is 0 Å². The van der Waals surface area contributed by atoms with Crippen LogP contribution in [-0.2, 0) is 17.8 Å². The number of methoxy groups -OCH3 is 1. The lowest BCUT2D eigenvalue weighted by atomic mass is 9.47. The fraction of sp³-hybridized carbons (Fsp3) is 0.467. The zero-order valence-electron chi connectivity index (χ0n) is 22.6. The number of hydrogen-bond donors (Lipinski definition) is 5. The molecule has 5 rings (SSSR count). The molecule has 1 amide bonds. The summed E-state index contributed by atoms with van der Waals surface area (Å²) in [4.78, 5) is 19.5. The van der Waals surface area contributed by atoms with Gasteiger partial charge in [0.1, 0.15) is 11.5 Å².